The fourth-order valence-electron chi connectivity index (χ4n) is 3.31. The van der Waals surface area contributed by atoms with E-state index in [0.717, 1.165) is 3.57 Å². The number of para-hydroxylation sites is 1. The smallest absolute Gasteiger partial charge is 0.232 e. The van der Waals surface area contributed by atoms with Gasteiger partial charge in [-0.05, 0) is 64.6 Å². The van der Waals surface area contributed by atoms with E-state index in [9.17, 15) is 17.2 Å². The molecule has 0 saturated carbocycles. The Bertz CT molecular complexity index is 1320. The third-order valence-corrected chi connectivity index (χ3v) is 6.36. The lowest BCUT2D eigenvalue weighted by atomic mass is 9.98. The topological polar surface area (TPSA) is 78.0 Å². The first-order valence-electron chi connectivity index (χ1n) is 9.11. The summed E-state index contributed by atoms with van der Waals surface area (Å²) < 4.78 is 53.8. The van der Waals surface area contributed by atoms with Gasteiger partial charge in [0.1, 0.15) is 5.69 Å². The second-order valence-corrected chi connectivity index (χ2v) is 9.54. The molecule has 0 aliphatic heterocycles. The Balaban J connectivity index is 2.04. The van der Waals surface area contributed by atoms with Crippen molar-refractivity contribution in [3.8, 4) is 28.1 Å². The number of primary sulfonamides is 1. The van der Waals surface area contributed by atoms with Gasteiger partial charge in [-0.3, -0.25) is 0 Å². The number of nitrogens with two attached hydrogens (primary N) is 1. The molecule has 1 aromatic heterocycles. The highest BCUT2D eigenvalue weighted by molar-refractivity contribution is 14.1. The Morgan fingerprint density at radius 3 is 2.00 bits per heavy atom. The maximum atomic E-state index is 14.1. The summed E-state index contributed by atoms with van der Waals surface area (Å²) in [6.07, 6.45) is -2.80. The quantitative estimate of drug-likeness (QED) is 0.338. The molecule has 0 saturated heterocycles. The zero-order valence-corrected chi connectivity index (χ0v) is 18.9. The summed E-state index contributed by atoms with van der Waals surface area (Å²) in [6, 6.07) is 21.9. The van der Waals surface area contributed by atoms with Crippen LogP contribution in [0, 0.1) is 3.57 Å². The summed E-state index contributed by atoms with van der Waals surface area (Å²) >= 11 is 2.15. The number of rotatable bonds is 5. The van der Waals surface area contributed by atoms with Crippen molar-refractivity contribution in [2.24, 2.45) is 5.14 Å². The van der Waals surface area contributed by atoms with Gasteiger partial charge in [0.15, 0.2) is 0 Å². The van der Waals surface area contributed by atoms with Gasteiger partial charge in [-0.15, -0.1) is 0 Å². The highest BCUT2D eigenvalue weighted by atomic mass is 127. The lowest BCUT2D eigenvalue weighted by Gasteiger charge is -2.11. The van der Waals surface area contributed by atoms with E-state index in [1.807, 2.05) is 18.2 Å². The molecule has 3 aromatic carbocycles. The standard InChI is InChI=1S/C22H16F2IN3O2S/c23-22(24)20-19(14-6-10-16(25)11-7-14)21(28(27-20)17-4-2-1-3-5-17)15-8-12-18(13-9-15)31(26,29)30/h1-13,22H,(H2,26,29,30). The van der Waals surface area contributed by atoms with Crippen molar-refractivity contribution < 1.29 is 17.2 Å². The van der Waals surface area contributed by atoms with Gasteiger partial charge in [-0.2, -0.15) is 5.10 Å². The first-order chi connectivity index (χ1) is 14.8. The second kappa shape index (κ2) is 8.48. The number of hydrogen-bond acceptors (Lipinski definition) is 3. The molecule has 4 aromatic rings. The molecular formula is C22H16F2IN3O2S. The molecule has 0 radical (unpaired) electrons. The van der Waals surface area contributed by atoms with Crippen LogP contribution in [0.15, 0.2) is 83.8 Å². The number of hydrogen-bond donors (Lipinski definition) is 1. The first kappa shape index (κ1) is 21.6. The highest BCUT2D eigenvalue weighted by Crippen LogP contribution is 2.40. The molecule has 0 bridgehead atoms. The molecule has 2 N–H and O–H groups in total. The van der Waals surface area contributed by atoms with E-state index in [4.69, 9.17) is 5.14 Å². The van der Waals surface area contributed by atoms with Crippen LogP contribution in [0.25, 0.3) is 28.1 Å². The maximum Gasteiger partial charge on any atom is 0.282 e. The molecule has 9 heteroatoms. The molecule has 0 aliphatic carbocycles. The zero-order valence-electron chi connectivity index (χ0n) is 15.9. The van der Waals surface area contributed by atoms with Crippen LogP contribution in [0.2, 0.25) is 0 Å². The number of halogens is 3. The average molecular weight is 551 g/mol. The van der Waals surface area contributed by atoms with Crippen molar-refractivity contribution in [1.29, 1.82) is 0 Å². The number of aromatic nitrogens is 2. The van der Waals surface area contributed by atoms with E-state index in [-0.39, 0.29) is 10.6 Å². The molecule has 158 valence electrons. The molecule has 0 fully saturated rings. The van der Waals surface area contributed by atoms with Crippen molar-refractivity contribution >= 4 is 32.6 Å². The lowest BCUT2D eigenvalue weighted by Crippen LogP contribution is -2.11. The molecule has 0 atom stereocenters. The second-order valence-electron chi connectivity index (χ2n) is 6.73. The minimum atomic E-state index is -3.88. The molecule has 31 heavy (non-hydrogen) atoms. The van der Waals surface area contributed by atoms with Crippen molar-refractivity contribution in [3.05, 3.63) is 88.1 Å². The third kappa shape index (κ3) is 4.39. The normalized spacial score (nSPS) is 11.8. The number of sulfonamides is 1. The average Bonchev–Trinajstić information content (AvgIpc) is 3.15. The van der Waals surface area contributed by atoms with Gasteiger partial charge in [0, 0.05) is 14.7 Å². The predicted octanol–water partition coefficient (Wildman–Crippen LogP) is 5.40. The fraction of sp³-hybridized carbons (Fsp3) is 0.0455. The van der Waals surface area contributed by atoms with E-state index in [2.05, 4.69) is 27.7 Å². The van der Waals surface area contributed by atoms with Gasteiger partial charge < -0.3 is 0 Å². The van der Waals surface area contributed by atoms with Crippen LogP contribution >= 0.6 is 22.6 Å². The Labute approximate surface area is 191 Å². The number of benzene rings is 3. The Morgan fingerprint density at radius 1 is 0.871 bits per heavy atom. The molecule has 1 heterocycles. The van der Waals surface area contributed by atoms with Crippen LogP contribution in [0.3, 0.4) is 0 Å². The van der Waals surface area contributed by atoms with Gasteiger partial charge >= 0.3 is 0 Å². The molecule has 0 unspecified atom stereocenters. The Kier molecular flexibility index (Phi) is 5.91. The maximum absolute atomic E-state index is 14.1. The highest BCUT2D eigenvalue weighted by Gasteiger charge is 2.27. The van der Waals surface area contributed by atoms with Crippen LogP contribution in [-0.4, -0.2) is 18.2 Å². The number of alkyl halides is 2. The van der Waals surface area contributed by atoms with Crippen molar-refractivity contribution in [3.63, 3.8) is 0 Å². The van der Waals surface area contributed by atoms with Gasteiger partial charge in [0.25, 0.3) is 6.43 Å². The summed E-state index contributed by atoms with van der Waals surface area (Å²) in [5.74, 6) is 0. The van der Waals surface area contributed by atoms with Crippen molar-refractivity contribution in [1.82, 2.24) is 9.78 Å². The van der Waals surface area contributed by atoms with E-state index < -0.39 is 16.4 Å². The van der Waals surface area contributed by atoms with Gasteiger partial charge in [0.2, 0.25) is 10.0 Å². The van der Waals surface area contributed by atoms with Crippen LogP contribution < -0.4 is 5.14 Å². The van der Waals surface area contributed by atoms with Crippen molar-refractivity contribution in [2.45, 2.75) is 11.3 Å². The molecule has 4 rings (SSSR count). The van der Waals surface area contributed by atoms with Gasteiger partial charge in [0.05, 0.1) is 16.3 Å². The first-order valence-corrected chi connectivity index (χ1v) is 11.7. The lowest BCUT2D eigenvalue weighted by molar-refractivity contribution is 0.146. The minimum absolute atomic E-state index is 0.0630. The van der Waals surface area contributed by atoms with Crippen LogP contribution in [0.4, 0.5) is 8.78 Å². The SMILES string of the molecule is NS(=O)(=O)c1ccc(-c2c(-c3ccc(I)cc3)c(C(F)F)nn2-c2ccccc2)cc1. The van der Waals surface area contributed by atoms with Crippen LogP contribution in [0.1, 0.15) is 12.1 Å². The molecular weight excluding hydrogens is 535 g/mol. The summed E-state index contributed by atoms with van der Waals surface area (Å²) in [5.41, 5.74) is 2.09. The van der Waals surface area contributed by atoms with E-state index in [1.165, 1.54) is 16.8 Å². The van der Waals surface area contributed by atoms with Gasteiger partial charge in [-0.1, -0.05) is 42.5 Å². The Morgan fingerprint density at radius 2 is 1.45 bits per heavy atom. The summed E-state index contributed by atoms with van der Waals surface area (Å²) in [5, 5.41) is 9.45. The largest absolute Gasteiger partial charge is 0.282 e. The number of nitrogens with zero attached hydrogens (tertiary/aromatic N) is 2. The van der Waals surface area contributed by atoms with Gasteiger partial charge in [-0.25, -0.2) is 27.0 Å². The fourth-order valence-corrected chi connectivity index (χ4v) is 4.19. The molecule has 0 spiro atoms. The molecule has 0 amide bonds. The van der Waals surface area contributed by atoms with E-state index in [0.29, 0.717) is 28.1 Å². The van der Waals surface area contributed by atoms with Crippen LogP contribution in [-0.2, 0) is 10.0 Å². The van der Waals surface area contributed by atoms with Crippen molar-refractivity contribution in [2.75, 3.05) is 0 Å². The minimum Gasteiger partial charge on any atom is -0.232 e. The summed E-state index contributed by atoms with van der Waals surface area (Å²) in [6.45, 7) is 0. The van der Waals surface area contributed by atoms with E-state index >= 15 is 0 Å². The third-order valence-electron chi connectivity index (χ3n) is 4.71. The zero-order chi connectivity index (χ0) is 22.2. The summed E-state index contributed by atoms with van der Waals surface area (Å²) in [4.78, 5) is -0.0630. The predicted molar refractivity (Wildman–Crippen MR) is 123 cm³/mol. The molecule has 5 nitrogen and oxygen atoms in total. The van der Waals surface area contributed by atoms with Crippen LogP contribution in [0.5, 0.6) is 0 Å². The Hall–Kier alpha value is -2.63. The monoisotopic (exact) mass is 551 g/mol. The summed E-state index contributed by atoms with van der Waals surface area (Å²) in [7, 11) is -3.88. The van der Waals surface area contributed by atoms with E-state index in [1.54, 1.807) is 48.5 Å². The molecule has 0 aliphatic rings.